The fourth-order valence-electron chi connectivity index (χ4n) is 1.33. The van der Waals surface area contributed by atoms with Gasteiger partial charge in [-0.15, -0.1) is 0 Å². The molecule has 78 valence electrons. The van der Waals surface area contributed by atoms with Crippen molar-refractivity contribution in [2.75, 3.05) is 7.11 Å². The minimum atomic E-state index is -1.09. The van der Waals surface area contributed by atoms with E-state index in [1.165, 1.54) is 17.8 Å². The highest BCUT2D eigenvalue weighted by molar-refractivity contribution is 5.90. The van der Waals surface area contributed by atoms with E-state index in [1.807, 2.05) is 6.92 Å². The lowest BCUT2D eigenvalue weighted by molar-refractivity contribution is 0.0691. The summed E-state index contributed by atoms with van der Waals surface area (Å²) in [6.07, 6.45) is 1.39. The van der Waals surface area contributed by atoms with E-state index in [2.05, 4.69) is 10.1 Å². The Morgan fingerprint density at radius 1 is 1.60 bits per heavy atom. The van der Waals surface area contributed by atoms with Crippen LogP contribution in [0.4, 0.5) is 0 Å². The van der Waals surface area contributed by atoms with Gasteiger partial charge < -0.3 is 9.84 Å². The summed E-state index contributed by atoms with van der Waals surface area (Å²) in [6, 6.07) is 1.74. The quantitative estimate of drug-likeness (QED) is 0.786. The number of carboxylic acid groups (broad SMARTS) is 1. The van der Waals surface area contributed by atoms with Crippen molar-refractivity contribution in [3.8, 4) is 5.88 Å². The number of aromatic carboxylic acids is 1. The van der Waals surface area contributed by atoms with Crippen LogP contribution in [0.2, 0.25) is 0 Å². The Labute approximate surface area is 85.1 Å². The number of methoxy groups -OCH3 is 1. The van der Waals surface area contributed by atoms with Gasteiger partial charge in [0.2, 0.25) is 5.88 Å². The number of carbonyl (C=O) groups is 1. The summed E-state index contributed by atoms with van der Waals surface area (Å²) in [7, 11) is 1.38. The van der Waals surface area contributed by atoms with Crippen molar-refractivity contribution in [2.45, 2.75) is 6.92 Å². The van der Waals surface area contributed by atoms with Crippen LogP contribution in [-0.2, 0) is 0 Å². The number of hydrogen-bond donors (Lipinski definition) is 1. The molecule has 0 saturated heterocycles. The average molecular weight is 207 g/mol. The van der Waals surface area contributed by atoms with E-state index in [1.54, 1.807) is 6.07 Å². The Balaban J connectivity index is 2.73. The molecule has 0 spiro atoms. The van der Waals surface area contributed by atoms with E-state index in [4.69, 9.17) is 9.84 Å². The van der Waals surface area contributed by atoms with E-state index in [0.29, 0.717) is 5.65 Å². The van der Waals surface area contributed by atoms with Crippen molar-refractivity contribution in [3.05, 3.63) is 23.5 Å². The predicted octanol–water partition coefficient (Wildman–Crippen LogP) is 0.745. The zero-order valence-electron chi connectivity index (χ0n) is 8.26. The van der Waals surface area contributed by atoms with Crippen LogP contribution in [-0.4, -0.2) is 32.8 Å². The van der Waals surface area contributed by atoms with Gasteiger partial charge in [0.1, 0.15) is 5.56 Å². The van der Waals surface area contributed by atoms with Gasteiger partial charge in [-0.1, -0.05) is 0 Å². The number of hydrogen-bond acceptors (Lipinski definition) is 4. The molecule has 0 saturated carbocycles. The molecule has 1 N–H and O–H groups in total. The maximum atomic E-state index is 10.9. The molecule has 2 rings (SSSR count). The maximum absolute atomic E-state index is 10.9. The number of aromatic nitrogens is 3. The second-order valence-electron chi connectivity index (χ2n) is 3.06. The van der Waals surface area contributed by atoms with Gasteiger partial charge in [-0.2, -0.15) is 10.1 Å². The van der Waals surface area contributed by atoms with Gasteiger partial charge in [0.05, 0.1) is 19.0 Å². The van der Waals surface area contributed by atoms with Crippen molar-refractivity contribution in [1.82, 2.24) is 14.6 Å². The lowest BCUT2D eigenvalue weighted by Crippen LogP contribution is -2.05. The van der Waals surface area contributed by atoms with Gasteiger partial charge in [0, 0.05) is 6.07 Å². The lowest BCUT2D eigenvalue weighted by Gasteiger charge is -2.03. The Morgan fingerprint density at radius 3 is 2.93 bits per heavy atom. The third-order valence-corrected chi connectivity index (χ3v) is 1.96. The summed E-state index contributed by atoms with van der Waals surface area (Å²) in [5, 5.41) is 13.0. The topological polar surface area (TPSA) is 76.7 Å². The van der Waals surface area contributed by atoms with Crippen LogP contribution in [0.5, 0.6) is 5.88 Å². The summed E-state index contributed by atoms with van der Waals surface area (Å²) >= 11 is 0. The summed E-state index contributed by atoms with van der Waals surface area (Å²) in [5.41, 5.74) is 1.33. The number of rotatable bonds is 2. The summed E-state index contributed by atoms with van der Waals surface area (Å²) < 4.78 is 6.31. The number of fused-ring (bicyclic) bond motifs is 1. The van der Waals surface area contributed by atoms with Crippen LogP contribution in [0.1, 0.15) is 16.1 Å². The summed E-state index contributed by atoms with van der Waals surface area (Å²) in [4.78, 5) is 14.9. The molecule has 0 unspecified atom stereocenters. The van der Waals surface area contributed by atoms with E-state index in [9.17, 15) is 4.79 Å². The van der Waals surface area contributed by atoms with E-state index in [-0.39, 0.29) is 11.4 Å². The molecular formula is C9H9N3O3. The molecule has 0 amide bonds. The van der Waals surface area contributed by atoms with Gasteiger partial charge in [-0.3, -0.25) is 0 Å². The van der Waals surface area contributed by atoms with Crippen LogP contribution in [0, 0.1) is 6.92 Å². The van der Waals surface area contributed by atoms with Crippen molar-refractivity contribution < 1.29 is 14.6 Å². The van der Waals surface area contributed by atoms with Gasteiger partial charge in [-0.05, 0) is 6.92 Å². The van der Waals surface area contributed by atoms with Crippen molar-refractivity contribution >= 4 is 11.6 Å². The highest BCUT2D eigenvalue weighted by Crippen LogP contribution is 2.16. The minimum Gasteiger partial charge on any atom is -0.480 e. The molecular weight excluding hydrogens is 198 g/mol. The molecule has 0 aliphatic carbocycles. The average Bonchev–Trinajstić information content (AvgIpc) is 2.54. The number of nitrogens with zero attached hydrogens (tertiary/aromatic N) is 3. The number of carboxylic acids is 1. The molecule has 2 heterocycles. The van der Waals surface area contributed by atoms with Crippen LogP contribution in [0.3, 0.4) is 0 Å². The smallest absolute Gasteiger partial charge is 0.342 e. The Morgan fingerprint density at radius 2 is 2.33 bits per heavy atom. The van der Waals surface area contributed by atoms with Crippen LogP contribution in [0.15, 0.2) is 12.3 Å². The predicted molar refractivity (Wildman–Crippen MR) is 51.2 cm³/mol. The van der Waals surface area contributed by atoms with Gasteiger partial charge >= 0.3 is 5.97 Å². The first-order valence-electron chi connectivity index (χ1n) is 4.26. The molecule has 0 fully saturated rings. The molecule has 15 heavy (non-hydrogen) atoms. The summed E-state index contributed by atoms with van der Waals surface area (Å²) in [5.74, 6) is -0.996. The molecule has 0 aliphatic heterocycles. The SMILES string of the molecule is COc1nc2cc(C)nn2cc1C(=O)O. The molecule has 6 heteroatoms. The van der Waals surface area contributed by atoms with Gasteiger partial charge in [-0.25, -0.2) is 9.31 Å². The highest BCUT2D eigenvalue weighted by atomic mass is 16.5. The fourth-order valence-corrected chi connectivity index (χ4v) is 1.33. The lowest BCUT2D eigenvalue weighted by atomic mass is 10.3. The number of ether oxygens (including phenoxy) is 1. The first-order chi connectivity index (χ1) is 7.11. The number of aryl methyl sites for hydroxylation is 1. The normalized spacial score (nSPS) is 10.5. The zero-order valence-corrected chi connectivity index (χ0v) is 8.26. The van der Waals surface area contributed by atoms with E-state index in [0.717, 1.165) is 5.69 Å². The Bertz CT molecular complexity index is 533. The maximum Gasteiger partial charge on any atom is 0.342 e. The Kier molecular flexibility index (Phi) is 2.03. The monoisotopic (exact) mass is 207 g/mol. The van der Waals surface area contributed by atoms with Gasteiger partial charge in [0.15, 0.2) is 5.65 Å². The first kappa shape index (κ1) is 9.45. The molecule has 0 aromatic carbocycles. The van der Waals surface area contributed by atoms with E-state index < -0.39 is 5.97 Å². The third-order valence-electron chi connectivity index (χ3n) is 1.96. The van der Waals surface area contributed by atoms with E-state index >= 15 is 0 Å². The largest absolute Gasteiger partial charge is 0.480 e. The van der Waals surface area contributed by atoms with Crippen LogP contribution in [0.25, 0.3) is 5.65 Å². The second kappa shape index (κ2) is 3.23. The van der Waals surface area contributed by atoms with Crippen LogP contribution >= 0.6 is 0 Å². The van der Waals surface area contributed by atoms with Crippen molar-refractivity contribution in [1.29, 1.82) is 0 Å². The standard InChI is InChI=1S/C9H9N3O3/c1-5-3-7-10-8(15-2)6(9(13)14)4-12(7)11-5/h3-4H,1-2H3,(H,13,14). The first-order valence-corrected chi connectivity index (χ1v) is 4.26. The third kappa shape index (κ3) is 1.50. The minimum absolute atomic E-state index is 0.00639. The molecule has 2 aromatic heterocycles. The molecule has 0 radical (unpaired) electrons. The van der Waals surface area contributed by atoms with Crippen molar-refractivity contribution in [2.24, 2.45) is 0 Å². The van der Waals surface area contributed by atoms with Crippen LogP contribution < -0.4 is 4.74 Å². The fraction of sp³-hybridized carbons (Fsp3) is 0.222. The molecule has 0 aliphatic rings. The molecule has 0 bridgehead atoms. The Hall–Kier alpha value is -2.11. The van der Waals surface area contributed by atoms with Gasteiger partial charge in [0.25, 0.3) is 0 Å². The highest BCUT2D eigenvalue weighted by Gasteiger charge is 2.14. The molecule has 6 nitrogen and oxygen atoms in total. The molecule has 0 atom stereocenters. The molecule has 2 aromatic rings. The second-order valence-corrected chi connectivity index (χ2v) is 3.06. The summed E-state index contributed by atoms with van der Waals surface area (Å²) in [6.45, 7) is 1.81. The zero-order chi connectivity index (χ0) is 11.0. The van der Waals surface area contributed by atoms with Crippen molar-refractivity contribution in [3.63, 3.8) is 0 Å².